The van der Waals surface area contributed by atoms with Gasteiger partial charge in [0.05, 0.1) is 0 Å². The van der Waals surface area contributed by atoms with Crippen molar-refractivity contribution in [3.8, 4) is 5.69 Å². The first kappa shape index (κ1) is 11.3. The molecule has 0 aliphatic heterocycles. The molecule has 5 heteroatoms. The summed E-state index contributed by atoms with van der Waals surface area (Å²) >= 11 is -1.46. The third kappa shape index (κ3) is 2.90. The maximum absolute atomic E-state index is 12.1. The number of alkyl halides is 3. The molecule has 2 aromatic rings. The van der Waals surface area contributed by atoms with Crippen LogP contribution in [-0.2, 0) is 0 Å². The van der Waals surface area contributed by atoms with Crippen molar-refractivity contribution in [2.75, 3.05) is 0 Å². The van der Waals surface area contributed by atoms with Crippen molar-refractivity contribution >= 4 is 19.4 Å². The summed E-state index contributed by atoms with van der Waals surface area (Å²) in [5.41, 5.74) is 0.867. The number of nitrogens with zero attached hydrogens (tertiary/aromatic N) is 1. The molecule has 0 bridgehead atoms. The van der Waals surface area contributed by atoms with Crippen molar-refractivity contribution in [2.24, 2.45) is 0 Å². The standard InChI is InChI=1S/C11H8F3NSe/c12-11(13,14)16-10-5-3-9(4-6-10)15-7-1-2-8-15/h1-8H. The first-order valence-electron chi connectivity index (χ1n) is 4.54. The Bertz CT molecular complexity index is 445. The van der Waals surface area contributed by atoms with E-state index in [9.17, 15) is 13.2 Å². The molecule has 0 unspecified atom stereocenters. The molecule has 0 spiro atoms. The van der Waals surface area contributed by atoms with Gasteiger partial charge in [-0.2, -0.15) is 0 Å². The van der Waals surface area contributed by atoms with Crippen LogP contribution in [0.3, 0.4) is 0 Å². The number of benzene rings is 1. The molecule has 1 heterocycles. The predicted molar refractivity (Wildman–Crippen MR) is 57.2 cm³/mol. The average Bonchev–Trinajstić information content (AvgIpc) is 2.69. The van der Waals surface area contributed by atoms with Crippen LogP contribution in [0.1, 0.15) is 0 Å². The average molecular weight is 290 g/mol. The molecular formula is C11H8F3NSe. The molecule has 16 heavy (non-hydrogen) atoms. The van der Waals surface area contributed by atoms with Crippen LogP contribution in [0, 0.1) is 0 Å². The van der Waals surface area contributed by atoms with Crippen molar-refractivity contribution in [1.29, 1.82) is 0 Å². The summed E-state index contributed by atoms with van der Waals surface area (Å²) in [5.74, 6) is 0. The molecular weight excluding hydrogens is 282 g/mol. The molecule has 0 amide bonds. The van der Waals surface area contributed by atoms with E-state index in [2.05, 4.69) is 0 Å². The van der Waals surface area contributed by atoms with E-state index in [0.717, 1.165) is 5.69 Å². The van der Waals surface area contributed by atoms with E-state index >= 15 is 0 Å². The summed E-state index contributed by atoms with van der Waals surface area (Å²) in [4.78, 5) is 0. The second kappa shape index (κ2) is 4.36. The van der Waals surface area contributed by atoms with Crippen molar-refractivity contribution in [3.63, 3.8) is 0 Å². The monoisotopic (exact) mass is 291 g/mol. The van der Waals surface area contributed by atoms with Crippen molar-refractivity contribution in [3.05, 3.63) is 48.8 Å². The van der Waals surface area contributed by atoms with Crippen molar-refractivity contribution < 1.29 is 13.2 Å². The second-order valence-corrected chi connectivity index (χ2v) is 5.52. The molecule has 1 aromatic heterocycles. The fourth-order valence-corrected chi connectivity index (χ4v) is 2.46. The number of hydrogen-bond donors (Lipinski definition) is 0. The SMILES string of the molecule is FC(F)(F)[Se]c1ccc(-n2cccc2)cc1. The Morgan fingerprint density at radius 2 is 1.50 bits per heavy atom. The van der Waals surface area contributed by atoms with E-state index in [1.54, 1.807) is 12.1 Å². The zero-order chi connectivity index (χ0) is 11.6. The van der Waals surface area contributed by atoms with Crippen LogP contribution in [0.25, 0.3) is 5.69 Å². The second-order valence-electron chi connectivity index (χ2n) is 3.13. The van der Waals surface area contributed by atoms with E-state index < -0.39 is 20.0 Å². The fourth-order valence-electron chi connectivity index (χ4n) is 1.33. The Morgan fingerprint density at radius 3 is 2.00 bits per heavy atom. The summed E-state index contributed by atoms with van der Waals surface area (Å²) in [6, 6.07) is 10.2. The maximum atomic E-state index is 12.1. The zero-order valence-corrected chi connectivity index (χ0v) is 9.82. The minimum absolute atomic E-state index is 0.343. The fraction of sp³-hybridized carbons (Fsp3) is 0.0909. The Kier molecular flexibility index (Phi) is 3.08. The summed E-state index contributed by atoms with van der Waals surface area (Å²) < 4.78 is 38.6. The van der Waals surface area contributed by atoms with Crippen LogP contribution in [0.5, 0.6) is 0 Å². The zero-order valence-electron chi connectivity index (χ0n) is 8.11. The van der Waals surface area contributed by atoms with Gasteiger partial charge in [0.1, 0.15) is 0 Å². The van der Waals surface area contributed by atoms with Crippen molar-refractivity contribution in [2.45, 2.75) is 5.07 Å². The van der Waals surface area contributed by atoms with E-state index in [4.69, 9.17) is 0 Å². The van der Waals surface area contributed by atoms with Crippen LogP contribution in [0.4, 0.5) is 13.2 Å². The number of aromatic nitrogens is 1. The number of hydrogen-bond acceptors (Lipinski definition) is 0. The van der Waals surface area contributed by atoms with Gasteiger partial charge in [-0.3, -0.25) is 0 Å². The summed E-state index contributed by atoms with van der Waals surface area (Å²) in [6.45, 7) is 0. The van der Waals surface area contributed by atoms with Gasteiger partial charge in [0.25, 0.3) is 0 Å². The normalized spacial score (nSPS) is 11.7. The molecule has 0 radical (unpaired) electrons. The van der Waals surface area contributed by atoms with Gasteiger partial charge < -0.3 is 0 Å². The van der Waals surface area contributed by atoms with Gasteiger partial charge in [0.15, 0.2) is 0 Å². The Labute approximate surface area is 97.0 Å². The van der Waals surface area contributed by atoms with E-state index in [1.165, 1.54) is 12.1 Å². The molecule has 0 saturated carbocycles. The molecule has 84 valence electrons. The van der Waals surface area contributed by atoms with Crippen molar-refractivity contribution in [1.82, 2.24) is 4.57 Å². The molecule has 0 saturated heterocycles. The van der Waals surface area contributed by atoms with E-state index in [-0.39, 0.29) is 0 Å². The molecule has 0 aliphatic rings. The molecule has 0 N–H and O–H groups in total. The first-order chi connectivity index (χ1) is 7.54. The molecule has 0 aliphatic carbocycles. The van der Waals surface area contributed by atoms with Gasteiger partial charge in [0.2, 0.25) is 0 Å². The first-order valence-corrected chi connectivity index (χ1v) is 6.25. The van der Waals surface area contributed by atoms with Gasteiger partial charge >= 0.3 is 96.7 Å². The van der Waals surface area contributed by atoms with Crippen LogP contribution in [0.2, 0.25) is 0 Å². The molecule has 1 nitrogen and oxygen atoms in total. The predicted octanol–water partition coefficient (Wildman–Crippen LogP) is 2.33. The van der Waals surface area contributed by atoms with Crippen LogP contribution in [-0.4, -0.2) is 24.6 Å². The third-order valence-electron chi connectivity index (χ3n) is 1.97. The molecule has 1 aromatic carbocycles. The van der Waals surface area contributed by atoms with Crippen LogP contribution < -0.4 is 4.46 Å². The van der Waals surface area contributed by atoms with Gasteiger partial charge in [0, 0.05) is 0 Å². The molecule has 0 atom stereocenters. The summed E-state index contributed by atoms with van der Waals surface area (Å²) in [6.07, 6.45) is 3.70. The quantitative estimate of drug-likeness (QED) is 0.748. The molecule has 0 fully saturated rings. The van der Waals surface area contributed by atoms with Crippen LogP contribution >= 0.6 is 0 Å². The van der Waals surface area contributed by atoms with Crippen LogP contribution in [0.15, 0.2) is 48.8 Å². The van der Waals surface area contributed by atoms with E-state index in [0.29, 0.717) is 4.46 Å². The number of rotatable bonds is 2. The summed E-state index contributed by atoms with van der Waals surface area (Å²) in [5, 5.41) is -4.08. The summed E-state index contributed by atoms with van der Waals surface area (Å²) in [7, 11) is 0. The van der Waals surface area contributed by atoms with E-state index in [1.807, 2.05) is 29.1 Å². The third-order valence-corrected chi connectivity index (χ3v) is 3.52. The molecule has 2 rings (SSSR count). The Balaban J connectivity index is 2.17. The van der Waals surface area contributed by atoms with Gasteiger partial charge in [-0.05, 0) is 0 Å². The number of halogens is 3. The van der Waals surface area contributed by atoms with Gasteiger partial charge in [-0.1, -0.05) is 0 Å². The van der Waals surface area contributed by atoms with Gasteiger partial charge in [-0.15, -0.1) is 0 Å². The Hall–Kier alpha value is -1.19. The Morgan fingerprint density at radius 1 is 0.938 bits per heavy atom. The topological polar surface area (TPSA) is 4.93 Å². The van der Waals surface area contributed by atoms with Gasteiger partial charge in [-0.25, -0.2) is 0 Å². The minimum atomic E-state index is -4.08.